The van der Waals surface area contributed by atoms with Gasteiger partial charge < -0.3 is 4.89 Å². The van der Waals surface area contributed by atoms with Crippen LogP contribution in [0, 0.1) is 0 Å². The van der Waals surface area contributed by atoms with Gasteiger partial charge in [0.15, 0.2) is 0 Å². The average molecular weight is 226 g/mol. The molecule has 0 bridgehead atoms. The predicted octanol–water partition coefficient (Wildman–Crippen LogP) is 0.839. The highest BCUT2D eigenvalue weighted by Crippen LogP contribution is 2.26. The van der Waals surface area contributed by atoms with Crippen molar-refractivity contribution in [1.29, 1.82) is 0 Å². The van der Waals surface area contributed by atoms with Crippen LogP contribution in [0.4, 0.5) is 0 Å². The van der Waals surface area contributed by atoms with E-state index in [0.29, 0.717) is 0 Å². The lowest BCUT2D eigenvalue weighted by molar-refractivity contribution is -0.166. The summed E-state index contributed by atoms with van der Waals surface area (Å²) in [5, 5.41) is 0. The van der Waals surface area contributed by atoms with Gasteiger partial charge in [0.2, 0.25) is 12.6 Å². The number of hydrogen-bond acceptors (Lipinski definition) is 4. The summed E-state index contributed by atoms with van der Waals surface area (Å²) in [7, 11) is -4.87. The third-order valence-corrected chi connectivity index (χ3v) is 2.68. The molecule has 0 aromatic carbocycles. The van der Waals surface area contributed by atoms with Gasteiger partial charge >= 0.3 is 16.1 Å². The highest BCUT2D eigenvalue weighted by Gasteiger charge is 2.31. The van der Waals surface area contributed by atoms with Crippen molar-refractivity contribution in [1.82, 2.24) is 4.90 Å². The van der Waals surface area contributed by atoms with Gasteiger partial charge in [0.1, 0.15) is 0 Å². The van der Waals surface area contributed by atoms with Crippen molar-refractivity contribution in [2.24, 2.45) is 0 Å². The van der Waals surface area contributed by atoms with E-state index in [1.54, 1.807) is 20.8 Å². The van der Waals surface area contributed by atoms with Gasteiger partial charge in [-0.15, -0.1) is 0 Å². The lowest BCUT2D eigenvalue weighted by Crippen LogP contribution is -2.41. The van der Waals surface area contributed by atoms with Gasteiger partial charge in [0, 0.05) is 5.54 Å². The maximum atomic E-state index is 10.5. The molecule has 0 spiro atoms. The molecule has 2 atom stereocenters. The Balaban J connectivity index is 4.37. The van der Waals surface area contributed by atoms with E-state index in [0.717, 1.165) is 0 Å². The van der Waals surface area contributed by atoms with Gasteiger partial charge in [-0.25, -0.2) is 4.90 Å². The maximum Gasteiger partial charge on any atom is 0.521 e. The first-order valence-corrected chi connectivity index (χ1v) is 6.50. The Bertz CT molecular complexity index is 197. The molecule has 0 aromatic rings. The molecular formula is C6H14NO4P2+. The Morgan fingerprint density at radius 1 is 1.31 bits per heavy atom. The van der Waals surface area contributed by atoms with Crippen molar-refractivity contribution in [3.05, 3.63) is 0 Å². The Morgan fingerprint density at radius 2 is 1.77 bits per heavy atom. The first-order chi connectivity index (χ1) is 5.73. The molecule has 0 fully saturated rings. The number of rotatable bonds is 4. The zero-order valence-electron chi connectivity index (χ0n) is 7.93. The Hall–Kier alpha value is 0.0800. The summed E-state index contributed by atoms with van der Waals surface area (Å²) in [6.07, 6.45) is -0.289. The minimum Gasteiger partial charge on any atom is -0.594 e. The number of nitrogens with zero attached hydrogens (tertiary/aromatic N) is 1. The van der Waals surface area contributed by atoms with Crippen LogP contribution >= 0.6 is 16.1 Å². The van der Waals surface area contributed by atoms with Crippen LogP contribution < -0.4 is 4.89 Å². The molecular weight excluding hydrogens is 212 g/mol. The summed E-state index contributed by atoms with van der Waals surface area (Å²) < 4.78 is 21.0. The molecule has 0 aliphatic rings. The van der Waals surface area contributed by atoms with Gasteiger partial charge in [0.25, 0.3) is 0 Å². The minimum absolute atomic E-state index is 0.109. The molecule has 0 rings (SSSR count). The van der Waals surface area contributed by atoms with Gasteiger partial charge in [-0.05, 0) is 25.3 Å². The monoisotopic (exact) mass is 226 g/mol. The van der Waals surface area contributed by atoms with E-state index >= 15 is 0 Å². The molecule has 0 saturated carbocycles. The van der Waals surface area contributed by atoms with Gasteiger partial charge in [0.05, 0.1) is 0 Å². The highest BCUT2D eigenvalue weighted by molar-refractivity contribution is 7.38. The quantitative estimate of drug-likeness (QED) is 0.718. The Kier molecular flexibility index (Phi) is 5.11. The van der Waals surface area contributed by atoms with Crippen LogP contribution in [0.25, 0.3) is 0 Å². The molecule has 0 aliphatic carbocycles. The first kappa shape index (κ1) is 13.1. The van der Waals surface area contributed by atoms with Crippen LogP contribution in [0.5, 0.6) is 0 Å². The molecule has 7 heteroatoms. The van der Waals surface area contributed by atoms with Gasteiger partial charge in [-0.2, -0.15) is 4.89 Å². The van der Waals surface area contributed by atoms with Crippen molar-refractivity contribution >= 4 is 16.1 Å². The molecule has 0 saturated heterocycles. The lowest BCUT2D eigenvalue weighted by atomic mass is 10.1. The van der Waals surface area contributed by atoms with Crippen molar-refractivity contribution in [3.63, 3.8) is 0 Å². The molecule has 1 N–H and O–H groups in total. The molecule has 0 heterocycles. The summed E-state index contributed by atoms with van der Waals surface area (Å²) in [4.78, 5) is 20.6. The van der Waals surface area contributed by atoms with E-state index in [1.165, 1.54) is 4.90 Å². The summed E-state index contributed by atoms with van der Waals surface area (Å²) >= 11 is 0. The fraction of sp³-hybridized carbons (Fsp3) is 1.00. The molecule has 5 nitrogen and oxygen atoms in total. The number of hydrogen-bond donors (Lipinski definition) is 1. The van der Waals surface area contributed by atoms with Crippen LogP contribution in [-0.4, -0.2) is 27.9 Å². The summed E-state index contributed by atoms with van der Waals surface area (Å²) in [6, 6.07) is 0. The zero-order chi connectivity index (χ0) is 10.6. The minimum atomic E-state index is -2.55. The second kappa shape index (κ2) is 5.08. The van der Waals surface area contributed by atoms with Crippen molar-refractivity contribution in [2.45, 2.75) is 26.3 Å². The molecule has 13 heavy (non-hydrogen) atoms. The molecule has 76 valence electrons. The SMILES string of the molecule is CC(C)(C)N(C[P+](=O)[O-])C[P+](=O)O. The van der Waals surface area contributed by atoms with Crippen LogP contribution in [0.2, 0.25) is 0 Å². The molecule has 0 radical (unpaired) electrons. The average Bonchev–Trinajstić information content (AvgIpc) is 1.81. The molecule has 0 aliphatic heterocycles. The van der Waals surface area contributed by atoms with Crippen LogP contribution in [0.15, 0.2) is 0 Å². The van der Waals surface area contributed by atoms with Gasteiger partial charge in [-0.3, -0.25) is 0 Å². The normalized spacial score (nSPS) is 14.6. The molecule has 0 aromatic heterocycles. The fourth-order valence-corrected chi connectivity index (χ4v) is 2.53. The second-order valence-electron chi connectivity index (χ2n) is 3.68. The third-order valence-electron chi connectivity index (χ3n) is 1.53. The summed E-state index contributed by atoms with van der Waals surface area (Å²) in [6.45, 7) is 5.39. The van der Waals surface area contributed by atoms with Crippen LogP contribution in [0.1, 0.15) is 20.8 Å². The smallest absolute Gasteiger partial charge is 0.521 e. The van der Waals surface area contributed by atoms with E-state index < -0.39 is 21.6 Å². The van der Waals surface area contributed by atoms with E-state index in [1.807, 2.05) is 0 Å². The summed E-state index contributed by atoms with van der Waals surface area (Å²) in [5.41, 5.74) is -0.414. The Morgan fingerprint density at radius 3 is 2.00 bits per heavy atom. The van der Waals surface area contributed by atoms with Crippen molar-refractivity contribution < 1.29 is 18.9 Å². The Labute approximate surface area is 79.5 Å². The molecule has 0 amide bonds. The standard InChI is InChI=1S/C6H13NO4P2/c1-6(2,3)7(4-12(8)9)5-13(10)11/h4-5H2,1-3H3/p+1. The zero-order valence-corrected chi connectivity index (χ0v) is 9.72. The van der Waals surface area contributed by atoms with Crippen LogP contribution in [-0.2, 0) is 9.13 Å². The van der Waals surface area contributed by atoms with Crippen molar-refractivity contribution in [3.8, 4) is 0 Å². The third kappa shape index (κ3) is 6.19. The predicted molar refractivity (Wildman–Crippen MR) is 48.8 cm³/mol. The van der Waals surface area contributed by atoms with E-state index in [4.69, 9.17) is 4.89 Å². The van der Waals surface area contributed by atoms with E-state index in [9.17, 15) is 14.0 Å². The van der Waals surface area contributed by atoms with E-state index in [2.05, 4.69) is 0 Å². The van der Waals surface area contributed by atoms with Gasteiger partial charge in [-0.1, -0.05) is 4.57 Å². The first-order valence-electron chi connectivity index (χ1n) is 3.74. The van der Waals surface area contributed by atoms with Crippen molar-refractivity contribution in [2.75, 3.05) is 12.6 Å². The fourth-order valence-electron chi connectivity index (χ4n) is 0.754. The maximum absolute atomic E-state index is 10.5. The highest BCUT2D eigenvalue weighted by atomic mass is 31.1. The topological polar surface area (TPSA) is 80.7 Å². The molecule has 2 unspecified atom stereocenters. The second-order valence-corrected chi connectivity index (χ2v) is 5.61. The summed E-state index contributed by atoms with van der Waals surface area (Å²) in [5.74, 6) is 0. The van der Waals surface area contributed by atoms with E-state index in [-0.39, 0.29) is 12.6 Å². The van der Waals surface area contributed by atoms with Crippen LogP contribution in [0.3, 0.4) is 0 Å². The lowest BCUT2D eigenvalue weighted by Gasteiger charge is -2.28. The largest absolute Gasteiger partial charge is 0.594 e.